The van der Waals surface area contributed by atoms with E-state index >= 15 is 0 Å². The van der Waals surface area contributed by atoms with Crippen LogP contribution in [0.3, 0.4) is 0 Å². The van der Waals surface area contributed by atoms with Crippen molar-refractivity contribution in [2.75, 3.05) is 11.9 Å². The van der Waals surface area contributed by atoms with Crippen LogP contribution in [0.5, 0.6) is 0 Å². The molecule has 1 fully saturated rings. The highest BCUT2D eigenvalue weighted by atomic mass is 79.9. The van der Waals surface area contributed by atoms with Crippen molar-refractivity contribution >= 4 is 50.2 Å². The number of piperidine rings is 1. The predicted molar refractivity (Wildman–Crippen MR) is 145 cm³/mol. The summed E-state index contributed by atoms with van der Waals surface area (Å²) in [5, 5.41) is 7.97. The van der Waals surface area contributed by atoms with Crippen molar-refractivity contribution in [3.05, 3.63) is 64.9 Å². The minimum Gasteiger partial charge on any atom is -0.329 e. The molecule has 11 heteroatoms. The smallest absolute Gasteiger partial charge is 0.248 e. The Balaban J connectivity index is 1.40. The molecule has 4 aromatic rings. The number of Topliss-reactive ketones (excluding diaryl/α,β-unsaturated/α-hetero) is 1. The minimum atomic E-state index is -0.612. The maximum atomic E-state index is 13.5. The van der Waals surface area contributed by atoms with Gasteiger partial charge in [-0.05, 0) is 71.9 Å². The molecule has 5 rings (SSSR count). The lowest BCUT2D eigenvalue weighted by Crippen LogP contribution is -2.51. The quantitative estimate of drug-likeness (QED) is 0.270. The van der Waals surface area contributed by atoms with Crippen LogP contribution in [0.4, 0.5) is 5.82 Å². The summed E-state index contributed by atoms with van der Waals surface area (Å²) < 4.78 is 2.15. The summed E-state index contributed by atoms with van der Waals surface area (Å²) in [6, 6.07) is 10.3. The van der Waals surface area contributed by atoms with Crippen LogP contribution in [0.1, 0.15) is 42.5 Å². The fourth-order valence-electron chi connectivity index (χ4n) is 4.69. The molecule has 0 bridgehead atoms. The van der Waals surface area contributed by atoms with Crippen molar-refractivity contribution in [3.8, 4) is 11.1 Å². The molecule has 1 atom stereocenters. The Morgan fingerprint density at radius 1 is 1.08 bits per heavy atom. The number of amides is 2. The second kappa shape index (κ2) is 10.8. The van der Waals surface area contributed by atoms with Gasteiger partial charge in [0, 0.05) is 36.8 Å². The van der Waals surface area contributed by atoms with Gasteiger partial charge in [-0.15, -0.1) is 0 Å². The summed E-state index contributed by atoms with van der Waals surface area (Å²) in [6.45, 7) is 3.65. The van der Waals surface area contributed by atoms with Gasteiger partial charge in [0.1, 0.15) is 34.5 Å². The van der Waals surface area contributed by atoms with Crippen LogP contribution >= 0.6 is 15.9 Å². The summed E-state index contributed by atoms with van der Waals surface area (Å²) in [5.74, 6) is 0.380. The minimum absolute atomic E-state index is 0.0876. The number of nitrogens with one attached hydrogen (secondary N) is 1. The normalized spacial score (nSPS) is 15.4. The molecule has 0 unspecified atom stereocenters. The van der Waals surface area contributed by atoms with Crippen molar-refractivity contribution in [1.82, 2.24) is 29.6 Å². The van der Waals surface area contributed by atoms with Crippen LogP contribution in [0.25, 0.3) is 22.0 Å². The van der Waals surface area contributed by atoms with Gasteiger partial charge in [-0.25, -0.2) is 15.0 Å². The zero-order valence-corrected chi connectivity index (χ0v) is 22.6. The second-order valence-electron chi connectivity index (χ2n) is 9.25. The molecule has 0 saturated carbocycles. The molecule has 10 nitrogen and oxygen atoms in total. The standard InChI is InChI=1S/C27H26BrN7O3/c1-16(36)26-20-12-18(19-13-29-17(2)30-14-19)9-10-21(20)35(33-26)15-25(37)34-11-4-3-6-22(34)27(38)32-24-8-5-7-23(28)31-24/h5,7-10,12-14,22H,3-4,6,11,15H2,1-2H3,(H,31,32,38)/t22-/m0/s1. The van der Waals surface area contributed by atoms with Crippen molar-refractivity contribution < 1.29 is 14.4 Å². The summed E-state index contributed by atoms with van der Waals surface area (Å²) in [7, 11) is 0. The van der Waals surface area contributed by atoms with E-state index in [1.54, 1.807) is 40.2 Å². The number of halogens is 1. The van der Waals surface area contributed by atoms with Crippen LogP contribution in [-0.4, -0.2) is 59.8 Å². The van der Waals surface area contributed by atoms with E-state index in [0.29, 0.717) is 40.1 Å². The molecule has 194 valence electrons. The van der Waals surface area contributed by atoms with Gasteiger partial charge in [0.2, 0.25) is 11.8 Å². The molecule has 4 heterocycles. The Morgan fingerprint density at radius 2 is 1.87 bits per heavy atom. The predicted octanol–water partition coefficient (Wildman–Crippen LogP) is 4.18. The molecule has 0 aliphatic carbocycles. The van der Waals surface area contributed by atoms with Crippen LogP contribution < -0.4 is 5.32 Å². The van der Waals surface area contributed by atoms with E-state index in [0.717, 1.165) is 24.0 Å². The Kier molecular flexibility index (Phi) is 7.28. The number of ketones is 1. The molecule has 1 aliphatic heterocycles. The molecule has 1 aromatic carbocycles. The van der Waals surface area contributed by atoms with Crippen LogP contribution in [0.2, 0.25) is 0 Å². The lowest BCUT2D eigenvalue weighted by atomic mass is 10.0. The zero-order valence-electron chi connectivity index (χ0n) is 21.0. The number of benzene rings is 1. The summed E-state index contributed by atoms with van der Waals surface area (Å²) in [6.07, 6.45) is 5.68. The van der Waals surface area contributed by atoms with E-state index in [1.807, 2.05) is 25.1 Å². The third-order valence-electron chi connectivity index (χ3n) is 6.58. The first kappa shape index (κ1) is 25.7. The molecule has 3 aromatic heterocycles. The Labute approximate surface area is 227 Å². The number of likely N-dealkylation sites (tertiary alicyclic amines) is 1. The monoisotopic (exact) mass is 575 g/mol. The van der Waals surface area contributed by atoms with E-state index in [4.69, 9.17) is 0 Å². The Bertz CT molecular complexity index is 1530. The molecular formula is C27H26BrN7O3. The molecule has 2 amide bonds. The molecule has 0 radical (unpaired) electrons. The van der Waals surface area contributed by atoms with E-state index in [2.05, 4.69) is 41.3 Å². The Morgan fingerprint density at radius 3 is 2.61 bits per heavy atom. The summed E-state index contributed by atoms with van der Waals surface area (Å²) in [5.41, 5.74) is 2.62. The van der Waals surface area contributed by atoms with Gasteiger partial charge in [0.15, 0.2) is 5.78 Å². The van der Waals surface area contributed by atoms with Gasteiger partial charge >= 0.3 is 0 Å². The number of carbonyl (C=O) groups excluding carboxylic acids is 3. The maximum absolute atomic E-state index is 13.5. The number of pyridine rings is 1. The van der Waals surface area contributed by atoms with E-state index in [-0.39, 0.29) is 29.8 Å². The van der Waals surface area contributed by atoms with E-state index in [9.17, 15) is 14.4 Å². The van der Waals surface area contributed by atoms with Gasteiger partial charge in [0.25, 0.3) is 0 Å². The van der Waals surface area contributed by atoms with Crippen LogP contribution in [0.15, 0.2) is 53.4 Å². The lowest BCUT2D eigenvalue weighted by Gasteiger charge is -2.34. The number of fused-ring (bicyclic) bond motifs is 1. The fourth-order valence-corrected chi connectivity index (χ4v) is 5.03. The number of nitrogens with zero attached hydrogens (tertiary/aromatic N) is 6. The van der Waals surface area contributed by atoms with Gasteiger partial charge < -0.3 is 10.2 Å². The average molecular weight is 576 g/mol. The first-order valence-corrected chi connectivity index (χ1v) is 13.1. The number of carbonyl (C=O) groups is 3. The highest BCUT2D eigenvalue weighted by Gasteiger charge is 2.33. The Hall–Kier alpha value is -3.99. The number of aromatic nitrogens is 5. The highest BCUT2D eigenvalue weighted by Crippen LogP contribution is 2.27. The van der Waals surface area contributed by atoms with Crippen LogP contribution in [0, 0.1) is 6.92 Å². The number of hydrogen-bond donors (Lipinski definition) is 1. The first-order chi connectivity index (χ1) is 18.3. The summed E-state index contributed by atoms with van der Waals surface area (Å²) >= 11 is 3.31. The van der Waals surface area contributed by atoms with E-state index in [1.165, 1.54) is 6.92 Å². The molecule has 1 N–H and O–H groups in total. The molecular weight excluding hydrogens is 550 g/mol. The van der Waals surface area contributed by atoms with Gasteiger partial charge in [-0.2, -0.15) is 5.10 Å². The van der Waals surface area contributed by atoms with Gasteiger partial charge in [0.05, 0.1) is 5.52 Å². The SMILES string of the molecule is CC(=O)c1nn(CC(=O)N2CCCC[C@H]2C(=O)Nc2cccc(Br)n2)c2ccc(-c3cnc(C)nc3)cc12. The number of aryl methyl sites for hydroxylation is 1. The topological polar surface area (TPSA) is 123 Å². The first-order valence-electron chi connectivity index (χ1n) is 12.3. The molecule has 1 saturated heterocycles. The number of rotatable bonds is 6. The zero-order chi connectivity index (χ0) is 26.8. The van der Waals surface area contributed by atoms with Crippen molar-refractivity contribution in [2.45, 2.75) is 45.7 Å². The largest absolute Gasteiger partial charge is 0.329 e. The third-order valence-corrected chi connectivity index (χ3v) is 7.02. The van der Waals surface area contributed by atoms with Crippen molar-refractivity contribution in [3.63, 3.8) is 0 Å². The van der Waals surface area contributed by atoms with E-state index < -0.39 is 6.04 Å². The number of hydrogen-bond acceptors (Lipinski definition) is 7. The number of anilines is 1. The summed E-state index contributed by atoms with van der Waals surface area (Å²) in [4.78, 5) is 53.4. The third kappa shape index (κ3) is 5.33. The van der Waals surface area contributed by atoms with Crippen molar-refractivity contribution in [2.24, 2.45) is 0 Å². The molecule has 1 aliphatic rings. The lowest BCUT2D eigenvalue weighted by molar-refractivity contribution is -0.141. The second-order valence-corrected chi connectivity index (χ2v) is 10.1. The van der Waals surface area contributed by atoms with Crippen molar-refractivity contribution in [1.29, 1.82) is 0 Å². The molecule has 38 heavy (non-hydrogen) atoms. The fraction of sp³-hybridized carbons (Fsp3) is 0.296. The van der Waals surface area contributed by atoms with Gasteiger partial charge in [-0.1, -0.05) is 12.1 Å². The average Bonchev–Trinajstić information content (AvgIpc) is 3.27. The van der Waals surface area contributed by atoms with Gasteiger partial charge in [-0.3, -0.25) is 19.1 Å². The van der Waals surface area contributed by atoms with Crippen LogP contribution in [-0.2, 0) is 16.1 Å². The maximum Gasteiger partial charge on any atom is 0.248 e. The highest BCUT2D eigenvalue weighted by molar-refractivity contribution is 9.10. The molecule has 0 spiro atoms.